The van der Waals surface area contributed by atoms with Gasteiger partial charge in [-0.3, -0.25) is 9.59 Å². The van der Waals surface area contributed by atoms with Crippen LogP contribution in [-0.4, -0.2) is 18.4 Å². The van der Waals surface area contributed by atoms with Crippen LogP contribution < -0.4 is 10.2 Å². The second kappa shape index (κ2) is 18.9. The Labute approximate surface area is 242 Å². The number of unbranched alkanes of at least 4 members (excludes halogenated alkanes) is 11. The van der Waals surface area contributed by atoms with E-state index in [-0.39, 0.29) is 18.2 Å². The highest BCUT2D eigenvalue weighted by atomic mass is 16.2. The van der Waals surface area contributed by atoms with Gasteiger partial charge in [0.05, 0.1) is 12.2 Å². The van der Waals surface area contributed by atoms with E-state index in [4.69, 9.17) is 0 Å². The Bertz CT molecular complexity index is 1140. The van der Waals surface area contributed by atoms with Gasteiger partial charge < -0.3 is 10.2 Å². The molecule has 1 aliphatic rings. The molecule has 2 aromatic rings. The van der Waals surface area contributed by atoms with E-state index in [0.717, 1.165) is 35.2 Å². The van der Waals surface area contributed by atoms with E-state index >= 15 is 0 Å². The van der Waals surface area contributed by atoms with Gasteiger partial charge in [0.1, 0.15) is 0 Å². The Kier molecular flexibility index (Phi) is 14.7. The molecule has 0 spiro atoms. The Morgan fingerprint density at radius 2 is 1.35 bits per heavy atom. The molecule has 1 aliphatic heterocycles. The van der Waals surface area contributed by atoms with Crippen molar-refractivity contribution in [3.8, 4) is 11.8 Å². The van der Waals surface area contributed by atoms with E-state index in [1.807, 2.05) is 48.5 Å². The summed E-state index contributed by atoms with van der Waals surface area (Å²) in [6.45, 7) is 3.10. The van der Waals surface area contributed by atoms with Crippen LogP contribution in [0.15, 0.2) is 60.7 Å². The number of hydrogen-bond donors (Lipinski definition) is 1. The Morgan fingerprint density at radius 1 is 0.750 bits per heavy atom. The van der Waals surface area contributed by atoms with Crippen LogP contribution in [0.2, 0.25) is 0 Å². The van der Waals surface area contributed by atoms with Gasteiger partial charge in [0, 0.05) is 30.5 Å². The quantitative estimate of drug-likeness (QED) is 0.117. The fourth-order valence-corrected chi connectivity index (χ4v) is 5.10. The molecule has 1 N–H and O–H groups in total. The highest BCUT2D eigenvalue weighted by molar-refractivity contribution is 5.95. The summed E-state index contributed by atoms with van der Waals surface area (Å²) in [7, 11) is 0. The lowest BCUT2D eigenvalue weighted by molar-refractivity contribution is -0.121. The van der Waals surface area contributed by atoms with Gasteiger partial charge in [-0.05, 0) is 55.9 Å². The molecule has 2 aromatic carbocycles. The second-order valence-corrected chi connectivity index (χ2v) is 10.8. The predicted molar refractivity (Wildman–Crippen MR) is 167 cm³/mol. The number of anilines is 1. The molecule has 3 rings (SSSR count). The molecular formula is C36H48N2O2. The lowest BCUT2D eigenvalue weighted by Gasteiger charge is -2.26. The van der Waals surface area contributed by atoms with Crippen molar-refractivity contribution in [2.24, 2.45) is 0 Å². The Balaban J connectivity index is 1.26. The first kappa shape index (κ1) is 31.2. The molecule has 0 saturated heterocycles. The molecule has 4 nitrogen and oxygen atoms in total. The molecule has 40 heavy (non-hydrogen) atoms. The van der Waals surface area contributed by atoms with Crippen molar-refractivity contribution >= 4 is 17.5 Å². The van der Waals surface area contributed by atoms with Gasteiger partial charge in [0.25, 0.3) is 0 Å². The molecule has 4 heteroatoms. The average Bonchev–Trinajstić information content (AvgIpc) is 2.96. The van der Waals surface area contributed by atoms with Crippen LogP contribution in [0.1, 0.15) is 120 Å². The van der Waals surface area contributed by atoms with E-state index in [0.29, 0.717) is 19.5 Å². The summed E-state index contributed by atoms with van der Waals surface area (Å²) in [5.74, 6) is 6.50. The van der Waals surface area contributed by atoms with Crippen molar-refractivity contribution in [3.05, 3.63) is 77.4 Å². The van der Waals surface area contributed by atoms with Crippen molar-refractivity contribution in [1.29, 1.82) is 0 Å². The first-order valence-corrected chi connectivity index (χ1v) is 15.6. The van der Waals surface area contributed by atoms with Gasteiger partial charge in [-0.25, -0.2) is 0 Å². The number of allylic oxidation sites excluding steroid dienone is 2. The van der Waals surface area contributed by atoms with Crippen LogP contribution in [0.5, 0.6) is 0 Å². The van der Waals surface area contributed by atoms with E-state index in [1.54, 1.807) is 4.90 Å². The third kappa shape index (κ3) is 11.4. The van der Waals surface area contributed by atoms with Crippen LogP contribution in [0.4, 0.5) is 5.69 Å². The minimum atomic E-state index is -0.00715. The van der Waals surface area contributed by atoms with Crippen molar-refractivity contribution < 1.29 is 9.59 Å². The topological polar surface area (TPSA) is 49.4 Å². The summed E-state index contributed by atoms with van der Waals surface area (Å²) in [4.78, 5) is 27.4. The maximum absolute atomic E-state index is 13.2. The van der Waals surface area contributed by atoms with Crippen LogP contribution in [0.25, 0.3) is 0 Å². The first-order valence-electron chi connectivity index (χ1n) is 15.6. The van der Waals surface area contributed by atoms with Crippen molar-refractivity contribution in [3.63, 3.8) is 0 Å². The normalized spacial score (nSPS) is 12.2. The SMILES string of the molecule is CCCCCCCC/C=C/CCCCCCCC(=O)NCCC(=O)N1Cc2ccccc2C#Cc2ccccc21. The van der Waals surface area contributed by atoms with Gasteiger partial charge >= 0.3 is 0 Å². The fourth-order valence-electron chi connectivity index (χ4n) is 5.10. The minimum absolute atomic E-state index is 0.00715. The van der Waals surface area contributed by atoms with Gasteiger partial charge in [-0.2, -0.15) is 0 Å². The number of nitrogens with one attached hydrogen (secondary N) is 1. The average molecular weight is 541 g/mol. The summed E-state index contributed by atoms with van der Waals surface area (Å²) in [6.07, 6.45) is 21.7. The van der Waals surface area contributed by atoms with Gasteiger partial charge in [-0.15, -0.1) is 0 Å². The molecule has 0 atom stereocenters. The monoisotopic (exact) mass is 540 g/mol. The summed E-state index contributed by atoms with van der Waals surface area (Å²) >= 11 is 0. The van der Waals surface area contributed by atoms with E-state index in [1.165, 1.54) is 70.6 Å². The predicted octanol–water partition coefficient (Wildman–Crippen LogP) is 8.48. The smallest absolute Gasteiger partial charge is 0.229 e. The third-order valence-electron chi connectivity index (χ3n) is 7.50. The first-order chi connectivity index (χ1) is 19.7. The maximum atomic E-state index is 13.2. The molecule has 1 heterocycles. The summed E-state index contributed by atoms with van der Waals surface area (Å²) in [6, 6.07) is 15.7. The Morgan fingerprint density at radius 3 is 2.10 bits per heavy atom. The lowest BCUT2D eigenvalue weighted by atomic mass is 10.0. The molecule has 2 amide bonds. The second-order valence-electron chi connectivity index (χ2n) is 10.8. The molecule has 0 aromatic heterocycles. The highest BCUT2D eigenvalue weighted by Gasteiger charge is 2.21. The number of carbonyl (C=O) groups is 2. The van der Waals surface area contributed by atoms with E-state index in [2.05, 4.69) is 36.2 Å². The number of hydrogen-bond acceptors (Lipinski definition) is 2. The molecule has 0 bridgehead atoms. The number of nitrogens with zero attached hydrogens (tertiary/aromatic N) is 1. The molecule has 0 unspecified atom stereocenters. The zero-order chi connectivity index (χ0) is 28.3. The standard InChI is InChI=1S/C36H48N2O2/c1-2-3-4-5-6-7-8-9-10-11-12-13-14-15-16-25-35(39)37-29-28-36(40)38-30-33-23-18-17-21-31(33)26-27-32-22-19-20-24-34(32)38/h9-10,17-24H,2-8,11-16,25,28-30H2,1H3,(H,37,39)/b10-9+. The number of para-hydroxylation sites is 1. The molecule has 0 radical (unpaired) electrons. The molecule has 0 saturated carbocycles. The van der Waals surface area contributed by atoms with E-state index in [9.17, 15) is 9.59 Å². The minimum Gasteiger partial charge on any atom is -0.356 e. The van der Waals surface area contributed by atoms with Gasteiger partial charge in [-0.1, -0.05) is 113 Å². The van der Waals surface area contributed by atoms with E-state index < -0.39 is 0 Å². The molecule has 0 aliphatic carbocycles. The Hall–Kier alpha value is -3.32. The maximum Gasteiger partial charge on any atom is 0.229 e. The van der Waals surface area contributed by atoms with Crippen molar-refractivity contribution in [2.75, 3.05) is 11.4 Å². The summed E-state index contributed by atoms with van der Waals surface area (Å²) in [5, 5.41) is 2.95. The number of amides is 2. The number of benzene rings is 2. The van der Waals surface area contributed by atoms with Crippen molar-refractivity contribution in [2.45, 2.75) is 110 Å². The fraction of sp³-hybridized carbons (Fsp3) is 0.500. The van der Waals surface area contributed by atoms with Crippen LogP contribution >= 0.6 is 0 Å². The highest BCUT2D eigenvalue weighted by Crippen LogP contribution is 2.25. The zero-order valence-corrected chi connectivity index (χ0v) is 24.6. The van der Waals surface area contributed by atoms with Crippen molar-refractivity contribution in [1.82, 2.24) is 5.32 Å². The summed E-state index contributed by atoms with van der Waals surface area (Å²) in [5.41, 5.74) is 3.65. The number of fused-ring (bicyclic) bond motifs is 2. The number of rotatable bonds is 18. The number of carbonyl (C=O) groups excluding carboxylic acids is 2. The third-order valence-corrected chi connectivity index (χ3v) is 7.50. The molecule has 0 fully saturated rings. The van der Waals surface area contributed by atoms with Crippen LogP contribution in [-0.2, 0) is 16.1 Å². The van der Waals surface area contributed by atoms with Crippen LogP contribution in [0, 0.1) is 11.8 Å². The van der Waals surface area contributed by atoms with Gasteiger partial charge in [0.2, 0.25) is 11.8 Å². The van der Waals surface area contributed by atoms with Crippen LogP contribution in [0.3, 0.4) is 0 Å². The molecule has 214 valence electrons. The lowest BCUT2D eigenvalue weighted by Crippen LogP contribution is -2.35. The molecular weight excluding hydrogens is 492 g/mol. The zero-order valence-electron chi connectivity index (χ0n) is 24.6. The summed E-state index contributed by atoms with van der Waals surface area (Å²) < 4.78 is 0. The largest absolute Gasteiger partial charge is 0.356 e. The van der Waals surface area contributed by atoms with Gasteiger partial charge in [0.15, 0.2) is 0 Å².